The highest BCUT2D eigenvalue weighted by Gasteiger charge is 2.27. The maximum absolute atomic E-state index is 11.8. The van der Waals surface area contributed by atoms with Crippen molar-refractivity contribution in [2.45, 2.75) is 6.18 Å². The van der Waals surface area contributed by atoms with E-state index in [0.29, 0.717) is 0 Å². The Balaban J connectivity index is 2.41. The van der Waals surface area contributed by atoms with Crippen molar-refractivity contribution in [2.24, 2.45) is 0 Å². The highest BCUT2D eigenvalue weighted by Crippen LogP contribution is 2.16. The van der Waals surface area contributed by atoms with Crippen LogP contribution >= 0.6 is 0 Å². The van der Waals surface area contributed by atoms with E-state index in [4.69, 9.17) is 10.00 Å². The third-order valence-electron chi connectivity index (χ3n) is 2.07. The Labute approximate surface area is 117 Å². The van der Waals surface area contributed by atoms with Crippen molar-refractivity contribution >= 4 is 11.9 Å². The number of amides is 3. The Morgan fingerprint density at radius 2 is 1.95 bits per heavy atom. The number of urea groups is 1. The molecule has 0 aromatic heterocycles. The number of carbonyl (C=O) groups excluding carboxylic acids is 2. The summed E-state index contributed by atoms with van der Waals surface area (Å²) >= 11 is 0. The van der Waals surface area contributed by atoms with Crippen LogP contribution in [0.5, 0.6) is 5.75 Å². The molecule has 1 aromatic rings. The van der Waals surface area contributed by atoms with Crippen molar-refractivity contribution in [1.29, 1.82) is 5.26 Å². The van der Waals surface area contributed by atoms with E-state index in [1.165, 1.54) is 17.4 Å². The summed E-state index contributed by atoms with van der Waals surface area (Å²) in [4.78, 5) is 22.3. The van der Waals surface area contributed by atoms with E-state index >= 15 is 0 Å². The lowest BCUT2D eigenvalue weighted by Crippen LogP contribution is -2.44. The number of benzene rings is 1. The van der Waals surface area contributed by atoms with Gasteiger partial charge in [-0.05, 0) is 12.1 Å². The minimum Gasteiger partial charge on any atom is -0.482 e. The van der Waals surface area contributed by atoms with Crippen molar-refractivity contribution in [3.63, 3.8) is 0 Å². The molecule has 0 radical (unpaired) electrons. The zero-order valence-corrected chi connectivity index (χ0v) is 10.5. The zero-order valence-electron chi connectivity index (χ0n) is 10.5. The number of rotatable bonds is 4. The van der Waals surface area contributed by atoms with Gasteiger partial charge in [0.1, 0.15) is 18.4 Å². The molecule has 2 N–H and O–H groups in total. The normalized spacial score (nSPS) is 10.4. The molecular formula is C12H10F3N3O3. The predicted octanol–water partition coefficient (Wildman–Crippen LogP) is 1.33. The first-order valence-electron chi connectivity index (χ1n) is 5.58. The number of nitrogens with one attached hydrogen (secondary N) is 2. The average molecular weight is 301 g/mol. The molecule has 3 amide bonds. The molecule has 0 spiro atoms. The smallest absolute Gasteiger partial charge is 0.405 e. The van der Waals surface area contributed by atoms with E-state index in [1.807, 2.05) is 6.07 Å². The summed E-state index contributed by atoms with van der Waals surface area (Å²) in [6.45, 7) is -2.16. The number of carbonyl (C=O) groups is 2. The zero-order chi connectivity index (χ0) is 15.9. The van der Waals surface area contributed by atoms with Crippen LogP contribution in [0.4, 0.5) is 18.0 Å². The fraction of sp³-hybridized carbons (Fsp3) is 0.250. The van der Waals surface area contributed by atoms with E-state index in [0.717, 1.165) is 0 Å². The van der Waals surface area contributed by atoms with Crippen molar-refractivity contribution in [1.82, 2.24) is 10.6 Å². The van der Waals surface area contributed by atoms with Crippen LogP contribution < -0.4 is 15.4 Å². The van der Waals surface area contributed by atoms with E-state index in [9.17, 15) is 22.8 Å². The van der Waals surface area contributed by atoms with Crippen molar-refractivity contribution in [3.05, 3.63) is 29.8 Å². The van der Waals surface area contributed by atoms with Crippen LogP contribution in [0, 0.1) is 11.3 Å². The first-order valence-corrected chi connectivity index (χ1v) is 5.58. The highest BCUT2D eigenvalue weighted by molar-refractivity contribution is 5.95. The quantitative estimate of drug-likeness (QED) is 0.877. The number of halogens is 3. The van der Waals surface area contributed by atoms with E-state index in [-0.39, 0.29) is 11.3 Å². The lowest BCUT2D eigenvalue weighted by atomic mass is 10.2. The van der Waals surface area contributed by atoms with Gasteiger partial charge in [-0.1, -0.05) is 12.1 Å². The van der Waals surface area contributed by atoms with E-state index < -0.39 is 31.3 Å². The third-order valence-corrected chi connectivity index (χ3v) is 2.07. The SMILES string of the molecule is N#Cc1ccccc1OCC(=O)NC(=O)NCC(F)(F)F. The molecular weight excluding hydrogens is 291 g/mol. The molecule has 1 rings (SSSR count). The minimum absolute atomic E-state index is 0.130. The van der Waals surface area contributed by atoms with E-state index in [1.54, 1.807) is 17.4 Å². The topological polar surface area (TPSA) is 91.2 Å². The Hall–Kier alpha value is -2.76. The molecule has 0 fully saturated rings. The average Bonchev–Trinajstić information content (AvgIpc) is 2.42. The summed E-state index contributed by atoms with van der Waals surface area (Å²) < 4.78 is 40.5. The molecule has 112 valence electrons. The predicted molar refractivity (Wildman–Crippen MR) is 64.2 cm³/mol. The Bertz CT molecular complexity index is 567. The van der Waals surface area contributed by atoms with Gasteiger partial charge in [0.2, 0.25) is 0 Å². The van der Waals surface area contributed by atoms with Crippen LogP contribution in [0.25, 0.3) is 0 Å². The van der Waals surface area contributed by atoms with Crippen LogP contribution in [0.1, 0.15) is 5.56 Å². The van der Waals surface area contributed by atoms with Gasteiger partial charge in [-0.3, -0.25) is 10.1 Å². The largest absolute Gasteiger partial charge is 0.482 e. The van der Waals surface area contributed by atoms with Crippen molar-refractivity contribution < 1.29 is 27.5 Å². The van der Waals surface area contributed by atoms with Gasteiger partial charge in [0, 0.05) is 0 Å². The molecule has 9 heteroatoms. The summed E-state index contributed by atoms with van der Waals surface area (Å²) in [5.74, 6) is -0.812. The molecule has 6 nitrogen and oxygen atoms in total. The number of alkyl halides is 3. The Kier molecular flexibility index (Phi) is 5.54. The number of nitriles is 1. The second-order valence-electron chi connectivity index (χ2n) is 3.74. The van der Waals surface area contributed by atoms with Crippen LogP contribution in [-0.2, 0) is 4.79 Å². The van der Waals surface area contributed by atoms with Crippen LogP contribution in [0.3, 0.4) is 0 Å². The summed E-state index contributed by atoms with van der Waals surface area (Å²) in [7, 11) is 0. The van der Waals surface area contributed by atoms with Gasteiger partial charge in [-0.15, -0.1) is 0 Å². The van der Waals surface area contributed by atoms with Gasteiger partial charge < -0.3 is 10.1 Å². The molecule has 0 saturated heterocycles. The maximum atomic E-state index is 11.8. The molecule has 0 unspecified atom stereocenters. The Morgan fingerprint density at radius 3 is 2.57 bits per heavy atom. The number of imide groups is 1. The lowest BCUT2D eigenvalue weighted by Gasteiger charge is -2.10. The third kappa shape index (κ3) is 6.29. The van der Waals surface area contributed by atoms with E-state index in [2.05, 4.69) is 0 Å². The molecule has 21 heavy (non-hydrogen) atoms. The van der Waals surface area contributed by atoms with Crippen molar-refractivity contribution in [3.8, 4) is 11.8 Å². The number of hydrogen-bond acceptors (Lipinski definition) is 4. The monoisotopic (exact) mass is 301 g/mol. The first-order chi connectivity index (χ1) is 9.81. The van der Waals surface area contributed by atoms with Crippen LogP contribution in [-0.4, -0.2) is 31.3 Å². The maximum Gasteiger partial charge on any atom is 0.405 e. The molecule has 0 bridgehead atoms. The summed E-state index contributed by atoms with van der Waals surface area (Å²) in [6.07, 6.45) is -4.57. The summed E-state index contributed by atoms with van der Waals surface area (Å²) in [5.41, 5.74) is 0.187. The van der Waals surface area contributed by atoms with Gasteiger partial charge in [0.25, 0.3) is 5.91 Å². The standard InChI is InChI=1S/C12H10F3N3O3/c13-12(14,15)7-17-11(20)18-10(19)6-21-9-4-2-1-3-8(9)5-16/h1-4H,6-7H2,(H2,17,18,19,20). The highest BCUT2D eigenvalue weighted by atomic mass is 19.4. The fourth-order valence-electron chi connectivity index (χ4n) is 1.22. The summed E-state index contributed by atoms with van der Waals surface area (Å²) in [6, 6.07) is 6.62. The molecule has 0 atom stereocenters. The van der Waals surface area contributed by atoms with Gasteiger partial charge in [0.05, 0.1) is 5.56 Å². The molecule has 0 saturated carbocycles. The lowest BCUT2D eigenvalue weighted by molar-refractivity contribution is -0.125. The molecule has 0 aliphatic heterocycles. The molecule has 1 aromatic carbocycles. The molecule has 0 aliphatic rings. The van der Waals surface area contributed by atoms with Gasteiger partial charge in [-0.25, -0.2) is 4.79 Å². The van der Waals surface area contributed by atoms with Crippen molar-refractivity contribution in [2.75, 3.05) is 13.2 Å². The van der Waals surface area contributed by atoms with Gasteiger partial charge in [0.15, 0.2) is 6.61 Å². The second-order valence-corrected chi connectivity index (χ2v) is 3.74. The fourth-order valence-corrected chi connectivity index (χ4v) is 1.22. The first kappa shape index (κ1) is 16.3. The van der Waals surface area contributed by atoms with Gasteiger partial charge >= 0.3 is 12.2 Å². The minimum atomic E-state index is -4.57. The number of hydrogen-bond donors (Lipinski definition) is 2. The molecule has 0 aliphatic carbocycles. The Morgan fingerprint density at radius 1 is 1.29 bits per heavy atom. The number of para-hydroxylation sites is 1. The van der Waals surface area contributed by atoms with Gasteiger partial charge in [-0.2, -0.15) is 18.4 Å². The molecule has 0 heterocycles. The summed E-state index contributed by atoms with van der Waals surface area (Å²) in [5, 5.41) is 11.9. The second kappa shape index (κ2) is 7.14. The van der Waals surface area contributed by atoms with Crippen LogP contribution in [0.15, 0.2) is 24.3 Å². The van der Waals surface area contributed by atoms with Crippen LogP contribution in [0.2, 0.25) is 0 Å². The number of nitrogens with zero attached hydrogens (tertiary/aromatic N) is 1. The number of ether oxygens (including phenoxy) is 1.